The quantitative estimate of drug-likeness (QED) is 0.807. The molecule has 2 aromatic carbocycles. The minimum atomic E-state index is -1.16. The molecule has 0 fully saturated rings. The van der Waals surface area contributed by atoms with Gasteiger partial charge in [-0.15, -0.1) is 0 Å². The Morgan fingerprint density at radius 2 is 1.82 bits per heavy atom. The molecule has 1 atom stereocenters. The lowest BCUT2D eigenvalue weighted by Gasteiger charge is -2.13. The number of halogens is 3. The molecule has 0 heterocycles. The van der Waals surface area contributed by atoms with E-state index in [1.165, 1.54) is 0 Å². The predicted molar refractivity (Wildman–Crippen MR) is 89.5 cm³/mol. The van der Waals surface area contributed by atoms with Crippen LogP contribution in [0.1, 0.15) is 17.0 Å². The number of carbonyl (C=O) groups excluding carboxylic acids is 1. The minimum absolute atomic E-state index is 0.383. The van der Waals surface area contributed by atoms with Gasteiger partial charge in [-0.05, 0) is 23.3 Å². The van der Waals surface area contributed by atoms with Gasteiger partial charge in [-0.1, -0.05) is 71.2 Å². The average molecular weight is 354 g/mol. The predicted octanol–water partition coefficient (Wildman–Crippen LogP) is 4.74. The maximum atomic E-state index is 11.4. The Bertz CT molecular complexity index is 711. The Balaban J connectivity index is 2.29. The molecule has 0 spiro atoms. The van der Waals surface area contributed by atoms with E-state index in [0.717, 1.165) is 5.56 Å². The first-order valence-corrected chi connectivity index (χ1v) is 7.61. The third-order valence-corrected chi connectivity index (χ3v) is 3.76. The maximum absolute atomic E-state index is 11.4. The van der Waals surface area contributed by atoms with Crippen LogP contribution in [-0.2, 0) is 4.79 Å². The molecule has 0 aliphatic heterocycles. The molecule has 2 rings (SSSR count). The number of nitriles is 1. The zero-order valence-corrected chi connectivity index (χ0v) is 13.5. The number of alkyl halides is 2. The number of nitrogens with one attached hydrogen (secondary N) is 1. The number of benzene rings is 2. The third-order valence-electron chi connectivity index (χ3n) is 3.04. The number of hydrogen-bond acceptors (Lipinski definition) is 2. The maximum Gasteiger partial charge on any atom is 0.257 e. The molecular weight excluding hydrogens is 343 g/mol. The first-order valence-electron chi connectivity index (χ1n) is 6.36. The van der Waals surface area contributed by atoms with E-state index in [-0.39, 0.29) is 0 Å². The molecule has 6 heteroatoms. The van der Waals surface area contributed by atoms with Crippen molar-refractivity contribution in [2.75, 3.05) is 5.32 Å². The number of rotatable bonds is 4. The molecular formula is C16H11Cl3N2O. The minimum Gasteiger partial charge on any atom is -0.324 e. The van der Waals surface area contributed by atoms with E-state index in [0.29, 0.717) is 16.3 Å². The van der Waals surface area contributed by atoms with Crippen LogP contribution in [-0.4, -0.2) is 10.7 Å². The Morgan fingerprint density at radius 3 is 2.36 bits per heavy atom. The Kier molecular flexibility index (Phi) is 5.68. The first kappa shape index (κ1) is 16.6. The van der Waals surface area contributed by atoms with Gasteiger partial charge in [0.1, 0.15) is 0 Å². The van der Waals surface area contributed by atoms with E-state index >= 15 is 0 Å². The molecule has 1 unspecified atom stereocenters. The van der Waals surface area contributed by atoms with Crippen molar-refractivity contribution in [1.29, 1.82) is 5.26 Å². The molecule has 0 radical (unpaired) electrons. The summed E-state index contributed by atoms with van der Waals surface area (Å²) in [5.74, 6) is -1.01. The first-order chi connectivity index (χ1) is 10.5. The smallest absolute Gasteiger partial charge is 0.257 e. The van der Waals surface area contributed by atoms with Crippen LogP contribution in [0.15, 0.2) is 48.5 Å². The van der Waals surface area contributed by atoms with Crippen molar-refractivity contribution in [2.24, 2.45) is 0 Å². The van der Waals surface area contributed by atoms with Gasteiger partial charge < -0.3 is 5.32 Å². The fourth-order valence-corrected chi connectivity index (χ4v) is 2.40. The van der Waals surface area contributed by atoms with Crippen molar-refractivity contribution in [1.82, 2.24) is 0 Å². The molecule has 112 valence electrons. The molecule has 0 saturated heterocycles. The van der Waals surface area contributed by atoms with Crippen molar-refractivity contribution >= 4 is 46.4 Å². The van der Waals surface area contributed by atoms with Gasteiger partial charge in [0, 0.05) is 10.7 Å². The van der Waals surface area contributed by atoms with Crippen molar-refractivity contribution in [3.05, 3.63) is 64.7 Å². The molecule has 3 nitrogen and oxygen atoms in total. The van der Waals surface area contributed by atoms with Gasteiger partial charge in [0.2, 0.25) is 0 Å². The van der Waals surface area contributed by atoms with Gasteiger partial charge in [-0.2, -0.15) is 5.26 Å². The molecule has 0 bridgehead atoms. The monoisotopic (exact) mass is 352 g/mol. The standard InChI is InChI=1S/C16H11Cl3N2O/c17-14-8-11(21-16(22)15(18)19)6-7-12(14)13(9-20)10-4-2-1-3-5-10/h1-8,13,15H,(H,21,22). The zero-order valence-electron chi connectivity index (χ0n) is 11.3. The van der Waals surface area contributed by atoms with Crippen molar-refractivity contribution in [3.63, 3.8) is 0 Å². The van der Waals surface area contributed by atoms with E-state index in [4.69, 9.17) is 34.8 Å². The van der Waals surface area contributed by atoms with Crippen molar-refractivity contribution in [3.8, 4) is 6.07 Å². The largest absolute Gasteiger partial charge is 0.324 e. The second kappa shape index (κ2) is 7.51. The van der Waals surface area contributed by atoms with Crippen LogP contribution in [0.4, 0.5) is 5.69 Å². The van der Waals surface area contributed by atoms with Crippen LogP contribution in [0.3, 0.4) is 0 Å². The highest BCUT2D eigenvalue weighted by atomic mass is 35.5. The number of carbonyl (C=O) groups is 1. The van der Waals surface area contributed by atoms with E-state index in [2.05, 4.69) is 11.4 Å². The van der Waals surface area contributed by atoms with E-state index in [1.807, 2.05) is 30.3 Å². The lowest BCUT2D eigenvalue weighted by atomic mass is 9.92. The molecule has 0 saturated carbocycles. The number of nitrogens with zero attached hydrogens (tertiary/aromatic N) is 1. The van der Waals surface area contributed by atoms with Crippen LogP contribution >= 0.6 is 34.8 Å². The fraction of sp³-hybridized carbons (Fsp3) is 0.125. The van der Waals surface area contributed by atoms with E-state index in [9.17, 15) is 10.1 Å². The van der Waals surface area contributed by atoms with Gasteiger partial charge in [-0.3, -0.25) is 4.79 Å². The SMILES string of the molecule is N#CC(c1ccccc1)c1ccc(NC(=O)C(Cl)Cl)cc1Cl. The Hall–Kier alpha value is -1.73. The lowest BCUT2D eigenvalue weighted by molar-refractivity contribution is -0.114. The van der Waals surface area contributed by atoms with Gasteiger partial charge in [0.05, 0.1) is 12.0 Å². The van der Waals surface area contributed by atoms with Crippen LogP contribution in [0.2, 0.25) is 5.02 Å². The van der Waals surface area contributed by atoms with Gasteiger partial charge >= 0.3 is 0 Å². The van der Waals surface area contributed by atoms with Crippen molar-refractivity contribution < 1.29 is 4.79 Å². The second-order valence-electron chi connectivity index (χ2n) is 4.50. The van der Waals surface area contributed by atoms with Gasteiger partial charge in [0.15, 0.2) is 4.84 Å². The van der Waals surface area contributed by atoms with E-state index in [1.54, 1.807) is 18.2 Å². The van der Waals surface area contributed by atoms with Crippen LogP contribution < -0.4 is 5.32 Å². The lowest BCUT2D eigenvalue weighted by Crippen LogP contribution is -2.18. The summed E-state index contributed by atoms with van der Waals surface area (Å²) in [5.41, 5.74) is 1.99. The summed E-state index contributed by atoms with van der Waals surface area (Å²) in [7, 11) is 0. The number of anilines is 1. The summed E-state index contributed by atoms with van der Waals surface area (Å²) in [6, 6.07) is 16.5. The highest BCUT2D eigenvalue weighted by Gasteiger charge is 2.18. The van der Waals surface area contributed by atoms with E-state index < -0.39 is 16.7 Å². The summed E-state index contributed by atoms with van der Waals surface area (Å²) in [4.78, 5) is 10.3. The summed E-state index contributed by atoms with van der Waals surface area (Å²) in [5, 5.41) is 12.4. The summed E-state index contributed by atoms with van der Waals surface area (Å²) in [6.07, 6.45) is 0. The summed E-state index contributed by atoms with van der Waals surface area (Å²) >= 11 is 17.2. The second-order valence-corrected chi connectivity index (χ2v) is 6.00. The number of hydrogen-bond donors (Lipinski definition) is 1. The normalized spacial score (nSPS) is 11.8. The molecule has 2 aromatic rings. The summed E-state index contributed by atoms with van der Waals surface area (Å²) in [6.45, 7) is 0. The summed E-state index contributed by atoms with van der Waals surface area (Å²) < 4.78 is 0. The fourth-order valence-electron chi connectivity index (χ4n) is 2.00. The van der Waals surface area contributed by atoms with Crippen molar-refractivity contribution in [2.45, 2.75) is 10.8 Å². The number of amides is 1. The third kappa shape index (κ3) is 3.92. The highest BCUT2D eigenvalue weighted by molar-refractivity contribution is 6.54. The molecule has 0 aromatic heterocycles. The topological polar surface area (TPSA) is 52.9 Å². The van der Waals surface area contributed by atoms with Crippen LogP contribution in [0, 0.1) is 11.3 Å². The zero-order chi connectivity index (χ0) is 16.1. The Labute approximate surface area is 143 Å². The highest BCUT2D eigenvalue weighted by Crippen LogP contribution is 2.31. The molecule has 1 amide bonds. The molecule has 0 aliphatic rings. The van der Waals surface area contributed by atoms with Crippen LogP contribution in [0.5, 0.6) is 0 Å². The molecule has 0 aliphatic carbocycles. The molecule has 22 heavy (non-hydrogen) atoms. The van der Waals surface area contributed by atoms with Crippen LogP contribution in [0.25, 0.3) is 0 Å². The van der Waals surface area contributed by atoms with Gasteiger partial charge in [0.25, 0.3) is 5.91 Å². The van der Waals surface area contributed by atoms with Gasteiger partial charge in [-0.25, -0.2) is 0 Å². The Morgan fingerprint density at radius 1 is 1.14 bits per heavy atom. The average Bonchev–Trinajstić information content (AvgIpc) is 2.51. The molecule has 1 N–H and O–H groups in total.